The SMILES string of the molecule is C#CC(Cc1ccccc1Br)NC. The predicted octanol–water partition coefficient (Wildman–Crippen LogP) is 2.21. The Balaban J connectivity index is 2.74. The molecule has 0 spiro atoms. The summed E-state index contributed by atoms with van der Waals surface area (Å²) in [6, 6.07) is 8.23. The minimum atomic E-state index is 0.110. The van der Waals surface area contributed by atoms with Crippen molar-refractivity contribution in [3.8, 4) is 12.3 Å². The van der Waals surface area contributed by atoms with Crippen molar-refractivity contribution in [2.75, 3.05) is 7.05 Å². The fourth-order valence-electron chi connectivity index (χ4n) is 1.13. The van der Waals surface area contributed by atoms with Gasteiger partial charge in [0.2, 0.25) is 0 Å². The van der Waals surface area contributed by atoms with E-state index in [1.54, 1.807) is 0 Å². The van der Waals surface area contributed by atoms with Gasteiger partial charge in [-0.25, -0.2) is 0 Å². The van der Waals surface area contributed by atoms with Crippen molar-refractivity contribution in [2.24, 2.45) is 0 Å². The summed E-state index contributed by atoms with van der Waals surface area (Å²) < 4.78 is 1.12. The average molecular weight is 238 g/mol. The second kappa shape index (κ2) is 5.06. The minimum absolute atomic E-state index is 0.110. The number of halogens is 1. The normalized spacial score (nSPS) is 12.1. The number of rotatable bonds is 3. The van der Waals surface area contributed by atoms with Gasteiger partial charge in [-0.05, 0) is 18.7 Å². The van der Waals surface area contributed by atoms with Crippen LogP contribution in [0.5, 0.6) is 0 Å². The zero-order chi connectivity index (χ0) is 9.68. The minimum Gasteiger partial charge on any atom is -0.306 e. The van der Waals surface area contributed by atoms with Gasteiger partial charge in [-0.3, -0.25) is 0 Å². The van der Waals surface area contributed by atoms with Gasteiger partial charge in [-0.15, -0.1) is 6.42 Å². The van der Waals surface area contributed by atoms with Crippen LogP contribution in [0.2, 0.25) is 0 Å². The van der Waals surface area contributed by atoms with Crippen molar-refractivity contribution >= 4 is 15.9 Å². The summed E-state index contributed by atoms with van der Waals surface area (Å²) in [5.41, 5.74) is 1.24. The second-order valence-corrected chi connectivity index (χ2v) is 3.66. The Labute approximate surface area is 87.7 Å². The Morgan fingerprint density at radius 2 is 2.23 bits per heavy atom. The van der Waals surface area contributed by atoms with Crippen molar-refractivity contribution in [1.82, 2.24) is 5.32 Å². The van der Waals surface area contributed by atoms with E-state index in [-0.39, 0.29) is 6.04 Å². The monoisotopic (exact) mass is 237 g/mol. The lowest BCUT2D eigenvalue weighted by atomic mass is 10.1. The molecule has 1 aromatic rings. The van der Waals surface area contributed by atoms with Crippen LogP contribution in [0.3, 0.4) is 0 Å². The molecule has 1 rings (SSSR count). The predicted molar refractivity (Wildman–Crippen MR) is 59.5 cm³/mol. The molecule has 0 radical (unpaired) electrons. The molecule has 0 aliphatic heterocycles. The summed E-state index contributed by atoms with van der Waals surface area (Å²) in [5.74, 6) is 2.70. The smallest absolute Gasteiger partial charge is 0.0725 e. The van der Waals surface area contributed by atoms with E-state index >= 15 is 0 Å². The third-order valence-corrected chi connectivity index (χ3v) is 2.71. The highest BCUT2D eigenvalue weighted by atomic mass is 79.9. The van der Waals surface area contributed by atoms with Crippen LogP contribution in [0.25, 0.3) is 0 Å². The van der Waals surface area contributed by atoms with Gasteiger partial charge in [-0.1, -0.05) is 40.0 Å². The van der Waals surface area contributed by atoms with E-state index in [4.69, 9.17) is 6.42 Å². The maximum Gasteiger partial charge on any atom is 0.0725 e. The Bertz CT molecular complexity index is 314. The molecule has 1 nitrogen and oxygen atoms in total. The first-order valence-corrected chi connectivity index (χ1v) is 4.94. The third kappa shape index (κ3) is 2.87. The van der Waals surface area contributed by atoms with Crippen molar-refractivity contribution in [3.63, 3.8) is 0 Å². The number of hydrogen-bond acceptors (Lipinski definition) is 1. The third-order valence-electron chi connectivity index (χ3n) is 1.93. The highest BCUT2D eigenvalue weighted by molar-refractivity contribution is 9.10. The van der Waals surface area contributed by atoms with Crippen molar-refractivity contribution in [1.29, 1.82) is 0 Å². The fraction of sp³-hybridized carbons (Fsp3) is 0.273. The first-order chi connectivity index (χ1) is 6.27. The Hall–Kier alpha value is -0.780. The molecule has 0 bridgehead atoms. The van der Waals surface area contributed by atoms with Gasteiger partial charge in [0.05, 0.1) is 6.04 Å². The van der Waals surface area contributed by atoms with Crippen LogP contribution >= 0.6 is 15.9 Å². The van der Waals surface area contributed by atoms with Crippen molar-refractivity contribution in [3.05, 3.63) is 34.3 Å². The summed E-state index contributed by atoms with van der Waals surface area (Å²) in [6.45, 7) is 0. The fourth-order valence-corrected chi connectivity index (χ4v) is 1.57. The maximum atomic E-state index is 5.35. The van der Waals surface area contributed by atoms with Gasteiger partial charge in [0, 0.05) is 10.9 Å². The van der Waals surface area contributed by atoms with E-state index in [1.807, 2.05) is 25.2 Å². The van der Waals surface area contributed by atoms with Gasteiger partial charge >= 0.3 is 0 Å². The van der Waals surface area contributed by atoms with E-state index in [2.05, 4.69) is 33.2 Å². The number of benzene rings is 1. The zero-order valence-electron chi connectivity index (χ0n) is 7.55. The van der Waals surface area contributed by atoms with Crippen LogP contribution in [-0.2, 0) is 6.42 Å². The molecule has 1 N–H and O–H groups in total. The Morgan fingerprint density at radius 3 is 2.77 bits per heavy atom. The molecule has 0 amide bonds. The molecule has 0 aromatic heterocycles. The highest BCUT2D eigenvalue weighted by Gasteiger charge is 2.05. The molecular weight excluding hydrogens is 226 g/mol. The summed E-state index contributed by atoms with van der Waals surface area (Å²) >= 11 is 3.49. The topological polar surface area (TPSA) is 12.0 Å². The molecule has 1 atom stereocenters. The lowest BCUT2D eigenvalue weighted by Crippen LogP contribution is -2.25. The quantitative estimate of drug-likeness (QED) is 0.796. The van der Waals surface area contributed by atoms with Crippen molar-refractivity contribution in [2.45, 2.75) is 12.5 Å². The number of nitrogens with one attached hydrogen (secondary N) is 1. The molecule has 0 aliphatic rings. The van der Waals surface area contributed by atoms with E-state index in [0.29, 0.717) is 0 Å². The summed E-state index contributed by atoms with van der Waals surface area (Å²) in [7, 11) is 1.88. The molecule has 2 heteroatoms. The first kappa shape index (κ1) is 10.3. The van der Waals surface area contributed by atoms with Gasteiger partial charge in [-0.2, -0.15) is 0 Å². The van der Waals surface area contributed by atoms with Crippen LogP contribution in [0.15, 0.2) is 28.7 Å². The molecule has 0 saturated heterocycles. The molecule has 0 heterocycles. The number of likely N-dealkylation sites (N-methyl/N-ethyl adjacent to an activating group) is 1. The maximum absolute atomic E-state index is 5.35. The molecule has 1 unspecified atom stereocenters. The lowest BCUT2D eigenvalue weighted by molar-refractivity contribution is 0.682. The Kier molecular flexibility index (Phi) is 4.01. The summed E-state index contributed by atoms with van der Waals surface area (Å²) in [4.78, 5) is 0. The van der Waals surface area contributed by atoms with Crippen molar-refractivity contribution < 1.29 is 0 Å². The second-order valence-electron chi connectivity index (χ2n) is 2.80. The molecule has 1 aromatic carbocycles. The van der Waals surface area contributed by atoms with Gasteiger partial charge in [0.15, 0.2) is 0 Å². The number of hydrogen-bond donors (Lipinski definition) is 1. The van der Waals surface area contributed by atoms with E-state index in [1.165, 1.54) is 5.56 Å². The van der Waals surface area contributed by atoms with Crippen LogP contribution in [-0.4, -0.2) is 13.1 Å². The van der Waals surface area contributed by atoms with Gasteiger partial charge < -0.3 is 5.32 Å². The van der Waals surface area contributed by atoms with Crippen LogP contribution < -0.4 is 5.32 Å². The summed E-state index contributed by atoms with van der Waals surface area (Å²) in [6.07, 6.45) is 6.21. The van der Waals surface area contributed by atoms with Crippen LogP contribution in [0.4, 0.5) is 0 Å². The van der Waals surface area contributed by atoms with E-state index < -0.39 is 0 Å². The summed E-state index contributed by atoms with van der Waals surface area (Å²) in [5, 5.41) is 3.07. The Morgan fingerprint density at radius 1 is 1.54 bits per heavy atom. The molecule has 0 fully saturated rings. The van der Waals surface area contributed by atoms with Crippen LogP contribution in [0.1, 0.15) is 5.56 Å². The van der Waals surface area contributed by atoms with Gasteiger partial charge in [0.25, 0.3) is 0 Å². The van der Waals surface area contributed by atoms with Gasteiger partial charge in [0.1, 0.15) is 0 Å². The van der Waals surface area contributed by atoms with E-state index in [0.717, 1.165) is 10.9 Å². The standard InChI is InChI=1S/C11H12BrN/c1-3-10(13-2)8-9-6-4-5-7-11(9)12/h1,4-7,10,13H,8H2,2H3. The lowest BCUT2D eigenvalue weighted by Gasteiger charge is -2.10. The van der Waals surface area contributed by atoms with E-state index in [9.17, 15) is 0 Å². The molecule has 13 heavy (non-hydrogen) atoms. The number of terminal acetylenes is 1. The molecular formula is C11H12BrN. The van der Waals surface area contributed by atoms with Crippen LogP contribution in [0, 0.1) is 12.3 Å². The molecule has 0 saturated carbocycles. The molecule has 68 valence electrons. The largest absolute Gasteiger partial charge is 0.306 e. The zero-order valence-corrected chi connectivity index (χ0v) is 9.14. The average Bonchev–Trinajstić information content (AvgIpc) is 2.17. The highest BCUT2D eigenvalue weighted by Crippen LogP contribution is 2.17. The molecule has 0 aliphatic carbocycles. The first-order valence-electron chi connectivity index (χ1n) is 4.14.